The van der Waals surface area contributed by atoms with Gasteiger partial charge in [0.25, 0.3) is 5.91 Å². The van der Waals surface area contributed by atoms with Gasteiger partial charge in [0.15, 0.2) is 10.8 Å². The molecule has 1 amide bonds. The lowest BCUT2D eigenvalue weighted by molar-refractivity contribution is 0.0691. The molecule has 0 fully saturated rings. The predicted molar refractivity (Wildman–Crippen MR) is 68.5 cm³/mol. The summed E-state index contributed by atoms with van der Waals surface area (Å²) in [5, 5.41) is 13.1. The summed E-state index contributed by atoms with van der Waals surface area (Å²) in [4.78, 5) is 26.2. The van der Waals surface area contributed by atoms with Crippen LogP contribution in [0.15, 0.2) is 29.6 Å². The molecular weight excluding hydrogens is 276 g/mol. The quantitative estimate of drug-likeness (QED) is 0.907. The molecule has 1 aromatic carbocycles. The summed E-state index contributed by atoms with van der Waals surface area (Å²) >= 11 is 6.91. The molecule has 2 N–H and O–H groups in total. The smallest absolute Gasteiger partial charge is 0.355 e. The van der Waals surface area contributed by atoms with Crippen LogP contribution in [0, 0.1) is 0 Å². The highest BCUT2D eigenvalue weighted by molar-refractivity contribution is 7.14. The van der Waals surface area contributed by atoms with Crippen molar-refractivity contribution >= 4 is 39.9 Å². The van der Waals surface area contributed by atoms with Crippen LogP contribution in [0.5, 0.6) is 0 Å². The number of thiazole rings is 1. The van der Waals surface area contributed by atoms with E-state index in [0.717, 1.165) is 11.3 Å². The summed E-state index contributed by atoms with van der Waals surface area (Å²) in [6.07, 6.45) is 0. The van der Waals surface area contributed by atoms with Gasteiger partial charge in [-0.25, -0.2) is 9.78 Å². The van der Waals surface area contributed by atoms with Gasteiger partial charge in [-0.2, -0.15) is 0 Å². The van der Waals surface area contributed by atoms with Crippen LogP contribution in [0.25, 0.3) is 0 Å². The molecule has 0 bridgehead atoms. The van der Waals surface area contributed by atoms with Crippen LogP contribution in [-0.4, -0.2) is 22.0 Å². The van der Waals surface area contributed by atoms with Gasteiger partial charge in [-0.1, -0.05) is 23.7 Å². The average molecular weight is 283 g/mol. The van der Waals surface area contributed by atoms with Crippen molar-refractivity contribution < 1.29 is 14.7 Å². The van der Waals surface area contributed by atoms with E-state index >= 15 is 0 Å². The van der Waals surface area contributed by atoms with Crippen LogP contribution in [0.2, 0.25) is 5.02 Å². The number of anilines is 1. The molecule has 0 saturated heterocycles. The highest BCUT2D eigenvalue weighted by Crippen LogP contribution is 2.19. The minimum Gasteiger partial charge on any atom is -0.476 e. The Morgan fingerprint density at radius 2 is 2.06 bits per heavy atom. The number of benzene rings is 1. The minimum atomic E-state index is -1.13. The molecule has 2 aromatic rings. The standard InChI is InChI=1S/C11H7ClN2O3S/c12-7-4-2-1-3-6(7)9(15)14-11-13-8(5-18-11)10(16)17/h1-5H,(H,16,17)(H,13,14,15). The maximum absolute atomic E-state index is 11.8. The molecule has 0 saturated carbocycles. The van der Waals surface area contributed by atoms with Gasteiger partial charge in [0, 0.05) is 5.38 Å². The molecule has 0 radical (unpaired) electrons. The van der Waals surface area contributed by atoms with Gasteiger partial charge in [-0.05, 0) is 12.1 Å². The summed E-state index contributed by atoms with van der Waals surface area (Å²) in [5.74, 6) is -1.56. The fourth-order valence-corrected chi connectivity index (χ4v) is 2.14. The van der Waals surface area contributed by atoms with Crippen molar-refractivity contribution in [2.24, 2.45) is 0 Å². The number of aromatic carboxylic acids is 1. The number of carbonyl (C=O) groups excluding carboxylic acids is 1. The molecule has 2 rings (SSSR count). The van der Waals surface area contributed by atoms with E-state index in [1.165, 1.54) is 5.38 Å². The number of amides is 1. The van der Waals surface area contributed by atoms with Gasteiger partial charge < -0.3 is 5.11 Å². The second-order valence-electron chi connectivity index (χ2n) is 3.28. The summed E-state index contributed by atoms with van der Waals surface area (Å²) < 4.78 is 0. The highest BCUT2D eigenvalue weighted by atomic mass is 35.5. The third-order valence-electron chi connectivity index (χ3n) is 2.06. The van der Waals surface area contributed by atoms with Crippen molar-refractivity contribution in [2.45, 2.75) is 0 Å². The third-order valence-corrected chi connectivity index (χ3v) is 3.15. The van der Waals surface area contributed by atoms with Gasteiger partial charge in [0.1, 0.15) is 0 Å². The molecular formula is C11H7ClN2O3S. The number of hydrogen-bond donors (Lipinski definition) is 2. The fraction of sp³-hybridized carbons (Fsp3) is 0. The lowest BCUT2D eigenvalue weighted by atomic mass is 10.2. The van der Waals surface area contributed by atoms with E-state index in [1.807, 2.05) is 0 Å². The number of carbonyl (C=O) groups is 2. The average Bonchev–Trinajstić information content (AvgIpc) is 2.78. The summed E-state index contributed by atoms with van der Waals surface area (Å²) in [6, 6.07) is 6.57. The molecule has 0 atom stereocenters. The molecule has 0 aliphatic heterocycles. The maximum atomic E-state index is 11.8. The second-order valence-corrected chi connectivity index (χ2v) is 4.54. The molecule has 0 spiro atoms. The van der Waals surface area contributed by atoms with Gasteiger partial charge in [-0.3, -0.25) is 10.1 Å². The zero-order valence-corrected chi connectivity index (χ0v) is 10.5. The van der Waals surface area contributed by atoms with Gasteiger partial charge in [0.05, 0.1) is 10.6 Å². The summed E-state index contributed by atoms with van der Waals surface area (Å²) in [6.45, 7) is 0. The van der Waals surface area contributed by atoms with Crippen LogP contribution >= 0.6 is 22.9 Å². The Morgan fingerprint density at radius 3 is 2.67 bits per heavy atom. The minimum absolute atomic E-state index is 0.102. The Kier molecular flexibility index (Phi) is 3.59. The number of carboxylic acid groups (broad SMARTS) is 1. The number of halogens is 1. The largest absolute Gasteiger partial charge is 0.476 e. The molecule has 0 unspecified atom stereocenters. The highest BCUT2D eigenvalue weighted by Gasteiger charge is 2.13. The van der Waals surface area contributed by atoms with E-state index in [9.17, 15) is 9.59 Å². The van der Waals surface area contributed by atoms with E-state index < -0.39 is 11.9 Å². The van der Waals surface area contributed by atoms with Gasteiger partial charge >= 0.3 is 5.97 Å². The number of nitrogens with zero attached hydrogens (tertiary/aromatic N) is 1. The molecule has 1 aromatic heterocycles. The van der Waals surface area contributed by atoms with Crippen molar-refractivity contribution in [1.82, 2.24) is 4.98 Å². The van der Waals surface area contributed by atoms with Crippen molar-refractivity contribution in [3.05, 3.63) is 45.9 Å². The first-order chi connectivity index (χ1) is 8.58. The predicted octanol–water partition coefficient (Wildman–Crippen LogP) is 2.75. The lowest BCUT2D eigenvalue weighted by Crippen LogP contribution is -2.12. The Balaban J connectivity index is 2.16. The van der Waals surface area contributed by atoms with Crippen LogP contribution < -0.4 is 5.32 Å². The molecule has 5 nitrogen and oxygen atoms in total. The maximum Gasteiger partial charge on any atom is 0.355 e. The van der Waals surface area contributed by atoms with Gasteiger partial charge in [-0.15, -0.1) is 11.3 Å². The molecule has 1 heterocycles. The van der Waals surface area contributed by atoms with Crippen molar-refractivity contribution in [2.75, 3.05) is 5.32 Å². The Hall–Kier alpha value is -1.92. The van der Waals surface area contributed by atoms with Crippen molar-refractivity contribution in [1.29, 1.82) is 0 Å². The monoisotopic (exact) mass is 282 g/mol. The third kappa shape index (κ3) is 2.66. The number of aromatic nitrogens is 1. The number of rotatable bonds is 3. The van der Waals surface area contributed by atoms with Gasteiger partial charge in [0.2, 0.25) is 0 Å². The molecule has 0 aliphatic carbocycles. The van der Waals surface area contributed by atoms with E-state index in [4.69, 9.17) is 16.7 Å². The number of hydrogen-bond acceptors (Lipinski definition) is 4. The number of carboxylic acids is 1. The Bertz CT molecular complexity index is 612. The van der Waals surface area contributed by atoms with Crippen molar-refractivity contribution in [3.8, 4) is 0 Å². The molecule has 92 valence electrons. The van der Waals surface area contributed by atoms with Crippen LogP contribution in [-0.2, 0) is 0 Å². The first kappa shape index (κ1) is 12.5. The Labute approximate surface area is 111 Å². The first-order valence-electron chi connectivity index (χ1n) is 4.82. The topological polar surface area (TPSA) is 79.3 Å². The van der Waals surface area contributed by atoms with Crippen LogP contribution in [0.4, 0.5) is 5.13 Å². The fourth-order valence-electron chi connectivity index (χ4n) is 1.24. The molecule has 7 heteroatoms. The van der Waals surface area contributed by atoms with Crippen molar-refractivity contribution in [3.63, 3.8) is 0 Å². The lowest BCUT2D eigenvalue weighted by Gasteiger charge is -2.02. The number of nitrogens with one attached hydrogen (secondary N) is 1. The molecule has 0 aliphatic rings. The van der Waals surface area contributed by atoms with Crippen LogP contribution in [0.3, 0.4) is 0 Å². The first-order valence-corrected chi connectivity index (χ1v) is 6.08. The van der Waals surface area contributed by atoms with E-state index in [-0.39, 0.29) is 10.8 Å². The van der Waals surface area contributed by atoms with Crippen LogP contribution in [0.1, 0.15) is 20.8 Å². The van der Waals surface area contributed by atoms with E-state index in [0.29, 0.717) is 10.6 Å². The van der Waals surface area contributed by atoms with E-state index in [2.05, 4.69) is 10.3 Å². The van der Waals surface area contributed by atoms with E-state index in [1.54, 1.807) is 24.3 Å². The zero-order valence-electron chi connectivity index (χ0n) is 8.88. The summed E-state index contributed by atoms with van der Waals surface area (Å²) in [5.41, 5.74) is 0.209. The summed E-state index contributed by atoms with van der Waals surface area (Å²) in [7, 11) is 0. The Morgan fingerprint density at radius 1 is 1.33 bits per heavy atom. The molecule has 18 heavy (non-hydrogen) atoms. The normalized spacial score (nSPS) is 10.1. The second kappa shape index (κ2) is 5.16. The SMILES string of the molecule is O=C(O)c1csc(NC(=O)c2ccccc2Cl)n1. The zero-order chi connectivity index (χ0) is 13.1.